The van der Waals surface area contributed by atoms with Crippen molar-refractivity contribution in [3.63, 3.8) is 0 Å². The number of rotatable bonds is 7. The Bertz CT molecular complexity index is 788. The minimum absolute atomic E-state index is 0.0332. The van der Waals surface area contributed by atoms with E-state index in [4.69, 9.17) is 0 Å². The smallest absolute Gasteiger partial charge is 0.313 e. The Labute approximate surface area is 159 Å². The molecule has 0 aliphatic rings. The van der Waals surface area contributed by atoms with Crippen molar-refractivity contribution >= 4 is 23.4 Å². The van der Waals surface area contributed by atoms with E-state index in [1.54, 1.807) is 24.3 Å². The molecule has 0 atom stereocenters. The summed E-state index contributed by atoms with van der Waals surface area (Å²) < 4.78 is 0. The van der Waals surface area contributed by atoms with E-state index in [1.165, 1.54) is 5.56 Å². The van der Waals surface area contributed by atoms with Gasteiger partial charge in [-0.05, 0) is 44.4 Å². The summed E-state index contributed by atoms with van der Waals surface area (Å²) in [5.74, 6) is -1.81. The molecule has 142 valence electrons. The maximum atomic E-state index is 12.2. The topological polar surface area (TPSA) is 87.3 Å². The molecular formula is C21H25N3O3. The van der Waals surface area contributed by atoms with Gasteiger partial charge in [-0.25, -0.2) is 0 Å². The molecule has 0 aromatic heterocycles. The molecule has 6 nitrogen and oxygen atoms in total. The number of aryl methyl sites for hydroxylation is 1. The number of hydrogen-bond acceptors (Lipinski definition) is 3. The Hall–Kier alpha value is -3.15. The van der Waals surface area contributed by atoms with Crippen molar-refractivity contribution in [2.45, 2.75) is 32.7 Å². The highest BCUT2D eigenvalue weighted by Gasteiger charge is 2.17. The molecule has 3 amide bonds. The fraction of sp³-hybridized carbons (Fsp3) is 0.286. The van der Waals surface area contributed by atoms with Crippen LogP contribution >= 0.6 is 0 Å². The highest BCUT2D eigenvalue weighted by atomic mass is 16.2. The summed E-state index contributed by atoms with van der Waals surface area (Å²) in [5.41, 5.74) is 1.80. The first-order chi connectivity index (χ1) is 13.0. The monoisotopic (exact) mass is 367 g/mol. The van der Waals surface area contributed by atoms with Gasteiger partial charge in [0.05, 0.1) is 11.3 Å². The summed E-state index contributed by atoms with van der Waals surface area (Å²) in [7, 11) is 0. The van der Waals surface area contributed by atoms with Gasteiger partial charge in [0.2, 0.25) is 0 Å². The standard InChI is InChI=1S/C21H25N3O3/c1-15(2)23-19(25)17-12-6-7-13-18(17)24-21(27)20(26)22-14-8-11-16-9-4-3-5-10-16/h3-7,9-10,12-13,15H,8,11,14H2,1-2H3,(H,22,26)(H,23,25)(H,24,27). The lowest BCUT2D eigenvalue weighted by molar-refractivity contribution is -0.136. The summed E-state index contributed by atoms with van der Waals surface area (Å²) in [6.07, 6.45) is 1.55. The zero-order valence-corrected chi connectivity index (χ0v) is 15.6. The Kier molecular flexibility index (Phi) is 7.55. The van der Waals surface area contributed by atoms with E-state index in [0.29, 0.717) is 17.8 Å². The fourth-order valence-electron chi connectivity index (χ4n) is 2.53. The Morgan fingerprint density at radius 1 is 0.889 bits per heavy atom. The molecule has 6 heteroatoms. The maximum Gasteiger partial charge on any atom is 0.313 e. The third-order valence-corrected chi connectivity index (χ3v) is 3.82. The Morgan fingerprint density at radius 3 is 2.26 bits per heavy atom. The molecule has 0 unspecified atom stereocenters. The van der Waals surface area contributed by atoms with Gasteiger partial charge in [0, 0.05) is 12.6 Å². The first kappa shape index (κ1) is 20.2. The van der Waals surface area contributed by atoms with Crippen LogP contribution < -0.4 is 16.0 Å². The summed E-state index contributed by atoms with van der Waals surface area (Å²) >= 11 is 0. The highest BCUT2D eigenvalue weighted by Crippen LogP contribution is 2.15. The van der Waals surface area contributed by atoms with E-state index in [0.717, 1.165) is 12.8 Å². The van der Waals surface area contributed by atoms with E-state index in [2.05, 4.69) is 16.0 Å². The Morgan fingerprint density at radius 2 is 1.56 bits per heavy atom. The molecule has 27 heavy (non-hydrogen) atoms. The molecule has 2 rings (SSSR count). The quantitative estimate of drug-likeness (QED) is 0.519. The van der Waals surface area contributed by atoms with E-state index < -0.39 is 11.8 Å². The first-order valence-corrected chi connectivity index (χ1v) is 9.00. The molecule has 0 fully saturated rings. The molecular weight excluding hydrogens is 342 g/mol. The molecule has 0 bridgehead atoms. The molecule has 2 aromatic carbocycles. The van der Waals surface area contributed by atoms with Gasteiger partial charge in [-0.3, -0.25) is 14.4 Å². The van der Waals surface area contributed by atoms with Crippen LogP contribution in [-0.2, 0) is 16.0 Å². The number of anilines is 1. The lowest BCUT2D eigenvalue weighted by Gasteiger charge is -2.13. The second kappa shape index (κ2) is 10.1. The second-order valence-corrected chi connectivity index (χ2v) is 6.47. The van der Waals surface area contributed by atoms with Gasteiger partial charge in [-0.1, -0.05) is 42.5 Å². The predicted octanol–water partition coefficient (Wildman–Crippen LogP) is 2.51. The SMILES string of the molecule is CC(C)NC(=O)c1ccccc1NC(=O)C(=O)NCCCc1ccccc1. The van der Waals surface area contributed by atoms with Crippen molar-refractivity contribution in [1.29, 1.82) is 0 Å². The fourth-order valence-corrected chi connectivity index (χ4v) is 2.53. The van der Waals surface area contributed by atoms with Gasteiger partial charge < -0.3 is 16.0 Å². The second-order valence-electron chi connectivity index (χ2n) is 6.47. The van der Waals surface area contributed by atoms with Crippen LogP contribution in [-0.4, -0.2) is 30.3 Å². The summed E-state index contributed by atoms with van der Waals surface area (Å²) in [6, 6.07) is 16.5. The molecule has 0 saturated heterocycles. The third kappa shape index (κ3) is 6.58. The molecule has 0 aliphatic heterocycles. The van der Waals surface area contributed by atoms with Crippen LogP contribution in [0.2, 0.25) is 0 Å². The summed E-state index contributed by atoms with van der Waals surface area (Å²) in [4.78, 5) is 36.3. The highest BCUT2D eigenvalue weighted by molar-refractivity contribution is 6.40. The summed E-state index contributed by atoms with van der Waals surface area (Å²) in [5, 5.41) is 7.88. The van der Waals surface area contributed by atoms with Crippen LogP contribution in [0.3, 0.4) is 0 Å². The summed E-state index contributed by atoms with van der Waals surface area (Å²) in [6.45, 7) is 4.10. The van der Waals surface area contributed by atoms with Gasteiger partial charge in [-0.15, -0.1) is 0 Å². The zero-order chi connectivity index (χ0) is 19.6. The minimum Gasteiger partial charge on any atom is -0.350 e. The van der Waals surface area contributed by atoms with Gasteiger partial charge >= 0.3 is 11.8 Å². The first-order valence-electron chi connectivity index (χ1n) is 9.00. The number of amides is 3. The van der Waals surface area contributed by atoms with E-state index in [9.17, 15) is 14.4 Å². The molecule has 2 aromatic rings. The van der Waals surface area contributed by atoms with Crippen molar-refractivity contribution in [2.75, 3.05) is 11.9 Å². The van der Waals surface area contributed by atoms with Crippen molar-refractivity contribution in [3.05, 3.63) is 65.7 Å². The van der Waals surface area contributed by atoms with Crippen LogP contribution in [0.1, 0.15) is 36.2 Å². The largest absolute Gasteiger partial charge is 0.350 e. The van der Waals surface area contributed by atoms with Gasteiger partial charge in [-0.2, -0.15) is 0 Å². The minimum atomic E-state index is -0.792. The van der Waals surface area contributed by atoms with Crippen LogP contribution in [0.25, 0.3) is 0 Å². The van der Waals surface area contributed by atoms with Crippen LogP contribution in [0.15, 0.2) is 54.6 Å². The van der Waals surface area contributed by atoms with Crippen LogP contribution in [0.5, 0.6) is 0 Å². The van der Waals surface area contributed by atoms with E-state index >= 15 is 0 Å². The molecule has 0 radical (unpaired) electrons. The van der Waals surface area contributed by atoms with Crippen LogP contribution in [0.4, 0.5) is 5.69 Å². The number of nitrogens with one attached hydrogen (secondary N) is 3. The van der Waals surface area contributed by atoms with Gasteiger partial charge in [0.25, 0.3) is 5.91 Å². The average molecular weight is 367 g/mol. The van der Waals surface area contributed by atoms with Crippen molar-refractivity contribution in [2.24, 2.45) is 0 Å². The molecule has 0 heterocycles. The third-order valence-electron chi connectivity index (χ3n) is 3.82. The number of carbonyl (C=O) groups is 3. The number of hydrogen-bond donors (Lipinski definition) is 3. The van der Waals surface area contributed by atoms with Gasteiger partial charge in [0.1, 0.15) is 0 Å². The van der Waals surface area contributed by atoms with Crippen molar-refractivity contribution in [3.8, 4) is 0 Å². The maximum absolute atomic E-state index is 12.2. The van der Waals surface area contributed by atoms with Crippen molar-refractivity contribution in [1.82, 2.24) is 10.6 Å². The molecule has 0 aliphatic carbocycles. The number of carbonyl (C=O) groups excluding carboxylic acids is 3. The van der Waals surface area contributed by atoms with E-state index in [1.807, 2.05) is 44.2 Å². The lowest BCUT2D eigenvalue weighted by atomic mass is 10.1. The predicted molar refractivity (Wildman–Crippen MR) is 105 cm³/mol. The lowest BCUT2D eigenvalue weighted by Crippen LogP contribution is -2.37. The van der Waals surface area contributed by atoms with Gasteiger partial charge in [0.15, 0.2) is 0 Å². The zero-order valence-electron chi connectivity index (χ0n) is 15.6. The Balaban J connectivity index is 1.85. The normalized spacial score (nSPS) is 10.3. The number of benzene rings is 2. The van der Waals surface area contributed by atoms with Crippen LogP contribution in [0, 0.1) is 0 Å². The number of para-hydroxylation sites is 1. The molecule has 0 saturated carbocycles. The van der Waals surface area contributed by atoms with Crippen molar-refractivity contribution < 1.29 is 14.4 Å². The van der Waals surface area contributed by atoms with E-state index in [-0.39, 0.29) is 11.9 Å². The average Bonchev–Trinajstić information content (AvgIpc) is 2.65. The molecule has 3 N–H and O–H groups in total. The molecule has 0 spiro atoms.